The molecule has 0 bridgehead atoms. The molecular weight excluding hydrogens is 505 g/mol. The number of halogens is 2. The molecule has 1 fully saturated rings. The quantitative estimate of drug-likeness (QED) is 0.291. The second-order valence-electron chi connectivity index (χ2n) is 7.87. The van der Waals surface area contributed by atoms with Crippen molar-refractivity contribution >= 4 is 74.7 Å². The topological polar surface area (TPSA) is 80.2 Å². The maximum absolute atomic E-state index is 12.7. The fraction of sp³-hybridized carbons (Fsp3) is 0.0385. The molecule has 3 aromatic carbocycles. The number of nitrogens with zero attached hydrogens (tertiary/aromatic N) is 1. The molecule has 0 aliphatic carbocycles. The van der Waals surface area contributed by atoms with Crippen molar-refractivity contribution in [2.24, 2.45) is 0 Å². The molecule has 1 aliphatic heterocycles. The summed E-state index contributed by atoms with van der Waals surface area (Å²) in [7, 11) is 0. The Bertz CT molecular complexity index is 1530. The Balaban J connectivity index is 1.55. The molecule has 0 atom stereocenters. The first-order chi connectivity index (χ1) is 16.9. The zero-order chi connectivity index (χ0) is 24.5. The third kappa shape index (κ3) is 4.98. The van der Waals surface area contributed by atoms with Gasteiger partial charge in [0.15, 0.2) is 0 Å². The number of fused-ring (bicyclic) bond motifs is 1. The number of carbonyl (C=O) groups is 3. The Labute approximate surface area is 214 Å². The van der Waals surface area contributed by atoms with Crippen LogP contribution in [0.4, 0.5) is 10.5 Å². The lowest BCUT2D eigenvalue weighted by atomic mass is 10.1. The van der Waals surface area contributed by atoms with E-state index in [9.17, 15) is 14.4 Å². The Morgan fingerprint density at radius 3 is 2.51 bits per heavy atom. The van der Waals surface area contributed by atoms with Crippen molar-refractivity contribution in [3.8, 4) is 0 Å². The van der Waals surface area contributed by atoms with Crippen molar-refractivity contribution in [2.45, 2.75) is 6.54 Å². The lowest BCUT2D eigenvalue weighted by molar-refractivity contribution is -0.115. The molecule has 0 radical (unpaired) electrons. The van der Waals surface area contributed by atoms with Gasteiger partial charge in [-0.3, -0.25) is 19.7 Å². The van der Waals surface area contributed by atoms with E-state index in [0.29, 0.717) is 32.7 Å². The van der Waals surface area contributed by atoms with E-state index >= 15 is 0 Å². The van der Waals surface area contributed by atoms with E-state index in [1.807, 2.05) is 41.1 Å². The van der Waals surface area contributed by atoms with E-state index in [2.05, 4.69) is 10.6 Å². The van der Waals surface area contributed by atoms with Crippen LogP contribution in [0.25, 0.3) is 17.0 Å². The summed E-state index contributed by atoms with van der Waals surface area (Å²) >= 11 is 13.1. The monoisotopic (exact) mass is 521 g/mol. The SMILES string of the molecule is O=C1NC(=O)/C(=C/c2cn(Cc3ccc(Cl)c(Cl)c3)c3ccc(NC(=O)c4ccccc4)cc23)S1. The largest absolute Gasteiger partial charge is 0.342 e. The lowest BCUT2D eigenvalue weighted by Crippen LogP contribution is -2.17. The van der Waals surface area contributed by atoms with E-state index in [0.717, 1.165) is 33.8 Å². The maximum atomic E-state index is 12.7. The highest BCUT2D eigenvalue weighted by Crippen LogP contribution is 2.32. The van der Waals surface area contributed by atoms with Crippen LogP contribution in [0.1, 0.15) is 21.5 Å². The fourth-order valence-electron chi connectivity index (χ4n) is 3.84. The standard InChI is InChI=1S/C26H17Cl2N3O3S/c27-20-8-6-15(10-21(20)28)13-31-14-17(11-23-25(33)30-26(34)35-23)19-12-18(7-9-22(19)31)29-24(32)16-4-2-1-3-5-16/h1-12,14H,13H2,(H,29,32)(H,30,33,34)/b23-11-. The van der Waals surface area contributed by atoms with Gasteiger partial charge >= 0.3 is 0 Å². The summed E-state index contributed by atoms with van der Waals surface area (Å²) < 4.78 is 2.02. The van der Waals surface area contributed by atoms with Crippen LogP contribution in [0.5, 0.6) is 0 Å². The number of aromatic nitrogens is 1. The van der Waals surface area contributed by atoms with Gasteiger partial charge in [-0.2, -0.15) is 0 Å². The third-order valence-corrected chi connectivity index (χ3v) is 7.02. The summed E-state index contributed by atoms with van der Waals surface area (Å²) in [6.07, 6.45) is 3.58. The molecule has 1 aliphatic rings. The minimum Gasteiger partial charge on any atom is -0.342 e. The first kappa shape index (κ1) is 23.2. The molecule has 35 heavy (non-hydrogen) atoms. The predicted octanol–water partition coefficient (Wildman–Crippen LogP) is 6.57. The molecule has 9 heteroatoms. The first-order valence-electron chi connectivity index (χ1n) is 10.6. The molecule has 0 saturated carbocycles. The van der Waals surface area contributed by atoms with Gasteiger partial charge in [0.05, 0.1) is 15.0 Å². The normalized spacial score (nSPS) is 14.5. The smallest absolute Gasteiger partial charge is 0.290 e. The molecule has 5 rings (SSSR count). The summed E-state index contributed by atoms with van der Waals surface area (Å²) in [6, 6.07) is 20.0. The molecule has 0 spiro atoms. The number of hydrogen-bond acceptors (Lipinski definition) is 4. The number of nitrogens with one attached hydrogen (secondary N) is 2. The van der Waals surface area contributed by atoms with Gasteiger partial charge in [-0.25, -0.2) is 0 Å². The van der Waals surface area contributed by atoms with Crippen LogP contribution in [-0.2, 0) is 11.3 Å². The summed E-state index contributed by atoms with van der Waals surface area (Å²) in [5, 5.41) is 6.55. The van der Waals surface area contributed by atoms with Gasteiger partial charge in [-0.15, -0.1) is 0 Å². The van der Waals surface area contributed by atoms with Gasteiger partial charge in [0.2, 0.25) is 0 Å². The van der Waals surface area contributed by atoms with Crippen LogP contribution in [0.15, 0.2) is 77.8 Å². The van der Waals surface area contributed by atoms with E-state index in [-0.39, 0.29) is 5.91 Å². The van der Waals surface area contributed by atoms with Crippen LogP contribution >= 0.6 is 35.0 Å². The van der Waals surface area contributed by atoms with Gasteiger partial charge in [0, 0.05) is 40.5 Å². The van der Waals surface area contributed by atoms with E-state index in [1.165, 1.54) is 0 Å². The third-order valence-electron chi connectivity index (χ3n) is 5.47. The molecule has 6 nitrogen and oxygen atoms in total. The molecule has 3 amide bonds. The van der Waals surface area contributed by atoms with E-state index in [1.54, 1.807) is 42.5 Å². The van der Waals surface area contributed by atoms with Gasteiger partial charge < -0.3 is 9.88 Å². The van der Waals surface area contributed by atoms with Gasteiger partial charge in [0.1, 0.15) is 0 Å². The minimum absolute atomic E-state index is 0.226. The summed E-state index contributed by atoms with van der Waals surface area (Å²) in [4.78, 5) is 36.8. The number of hydrogen-bond donors (Lipinski definition) is 2. The number of anilines is 1. The molecule has 2 N–H and O–H groups in total. The molecule has 4 aromatic rings. The lowest BCUT2D eigenvalue weighted by Gasteiger charge is -2.09. The number of carbonyl (C=O) groups excluding carboxylic acids is 3. The van der Waals surface area contributed by atoms with Crippen molar-refractivity contribution in [2.75, 3.05) is 5.32 Å². The molecule has 0 unspecified atom stereocenters. The summed E-state index contributed by atoms with van der Waals surface area (Å²) in [6.45, 7) is 0.505. The van der Waals surface area contributed by atoms with E-state index in [4.69, 9.17) is 23.2 Å². The Morgan fingerprint density at radius 2 is 1.80 bits per heavy atom. The van der Waals surface area contributed by atoms with Crippen molar-refractivity contribution in [1.29, 1.82) is 0 Å². The number of rotatable bonds is 5. The summed E-state index contributed by atoms with van der Waals surface area (Å²) in [5.41, 5.74) is 3.72. The van der Waals surface area contributed by atoms with Crippen LogP contribution in [0.3, 0.4) is 0 Å². The first-order valence-corrected chi connectivity index (χ1v) is 12.1. The number of imide groups is 1. The van der Waals surface area contributed by atoms with Crippen LogP contribution in [0.2, 0.25) is 10.0 Å². The van der Waals surface area contributed by atoms with Crippen molar-refractivity contribution in [3.63, 3.8) is 0 Å². The molecule has 1 aromatic heterocycles. The number of thioether (sulfide) groups is 1. The zero-order valence-electron chi connectivity index (χ0n) is 18.0. The van der Waals surface area contributed by atoms with Crippen LogP contribution in [-0.4, -0.2) is 21.6 Å². The van der Waals surface area contributed by atoms with Gasteiger partial charge in [-0.1, -0.05) is 47.5 Å². The van der Waals surface area contributed by atoms with Crippen molar-refractivity contribution in [3.05, 3.63) is 105 Å². The molecule has 174 valence electrons. The molecule has 2 heterocycles. The zero-order valence-corrected chi connectivity index (χ0v) is 20.4. The van der Waals surface area contributed by atoms with Gasteiger partial charge in [-0.05, 0) is 65.9 Å². The Kier molecular flexibility index (Phi) is 6.38. The fourth-order valence-corrected chi connectivity index (χ4v) is 4.83. The summed E-state index contributed by atoms with van der Waals surface area (Å²) in [5.74, 6) is -0.657. The number of benzene rings is 3. The molecular formula is C26H17Cl2N3O3S. The second kappa shape index (κ2) is 9.62. The van der Waals surface area contributed by atoms with Crippen LogP contribution in [0, 0.1) is 0 Å². The highest BCUT2D eigenvalue weighted by Gasteiger charge is 2.25. The van der Waals surface area contributed by atoms with Crippen molar-refractivity contribution < 1.29 is 14.4 Å². The van der Waals surface area contributed by atoms with Crippen molar-refractivity contribution in [1.82, 2.24) is 9.88 Å². The second-order valence-corrected chi connectivity index (χ2v) is 9.69. The predicted molar refractivity (Wildman–Crippen MR) is 141 cm³/mol. The minimum atomic E-state index is -0.432. The molecule has 1 saturated heterocycles. The van der Waals surface area contributed by atoms with Crippen LogP contribution < -0.4 is 10.6 Å². The Hall–Kier alpha value is -3.52. The number of amides is 3. The van der Waals surface area contributed by atoms with E-state index < -0.39 is 11.1 Å². The average Bonchev–Trinajstić information content (AvgIpc) is 3.34. The van der Waals surface area contributed by atoms with Gasteiger partial charge in [0.25, 0.3) is 17.1 Å². The maximum Gasteiger partial charge on any atom is 0.290 e. The highest BCUT2D eigenvalue weighted by molar-refractivity contribution is 8.18. The average molecular weight is 522 g/mol. The Morgan fingerprint density at radius 1 is 1.00 bits per heavy atom. The highest BCUT2D eigenvalue weighted by atomic mass is 35.5.